The van der Waals surface area contributed by atoms with Crippen molar-refractivity contribution in [2.75, 3.05) is 11.6 Å². The number of carbonyl (C=O) groups excluding carboxylic acids is 1. The van der Waals surface area contributed by atoms with Gasteiger partial charge in [0, 0.05) is 18.7 Å². The average Bonchev–Trinajstić information content (AvgIpc) is 2.37. The molecule has 0 saturated heterocycles. The topological polar surface area (TPSA) is 89.0 Å². The van der Waals surface area contributed by atoms with E-state index in [0.717, 1.165) is 6.26 Å². The Morgan fingerprint density at radius 2 is 2.00 bits per heavy atom. The highest BCUT2D eigenvalue weighted by atomic mass is 32.2. The van der Waals surface area contributed by atoms with Crippen molar-refractivity contribution >= 4 is 21.6 Å². The molecule has 0 atom stereocenters. The van der Waals surface area contributed by atoms with Crippen LogP contribution in [0.25, 0.3) is 11.3 Å². The SMILES string of the molecule is CC(=O)Nc1cncc(-c2cccc(S(C)(=O)=O)c2)n1. The monoisotopic (exact) mass is 291 g/mol. The van der Waals surface area contributed by atoms with Gasteiger partial charge < -0.3 is 5.32 Å². The quantitative estimate of drug-likeness (QED) is 0.925. The van der Waals surface area contributed by atoms with E-state index in [1.165, 1.54) is 31.5 Å². The van der Waals surface area contributed by atoms with Crippen LogP contribution in [0.4, 0.5) is 5.82 Å². The number of sulfone groups is 1. The molecule has 1 N–H and O–H groups in total. The van der Waals surface area contributed by atoms with Gasteiger partial charge in [0.15, 0.2) is 15.7 Å². The Morgan fingerprint density at radius 1 is 1.25 bits per heavy atom. The van der Waals surface area contributed by atoms with Gasteiger partial charge in [-0.25, -0.2) is 13.4 Å². The molecule has 0 unspecified atom stereocenters. The molecule has 1 aromatic heterocycles. The summed E-state index contributed by atoms with van der Waals surface area (Å²) in [5.41, 5.74) is 1.11. The van der Waals surface area contributed by atoms with E-state index in [4.69, 9.17) is 0 Å². The predicted molar refractivity (Wildman–Crippen MR) is 74.9 cm³/mol. The molecule has 1 amide bonds. The Morgan fingerprint density at radius 3 is 2.65 bits per heavy atom. The fourth-order valence-corrected chi connectivity index (χ4v) is 2.30. The van der Waals surface area contributed by atoms with Crippen molar-refractivity contribution in [2.24, 2.45) is 0 Å². The van der Waals surface area contributed by atoms with Crippen LogP contribution in [-0.4, -0.2) is 30.5 Å². The molecule has 2 rings (SSSR count). The van der Waals surface area contributed by atoms with Gasteiger partial charge in [-0.2, -0.15) is 0 Å². The summed E-state index contributed by atoms with van der Waals surface area (Å²) in [5, 5.41) is 2.53. The lowest BCUT2D eigenvalue weighted by molar-refractivity contribution is -0.114. The first-order chi connectivity index (χ1) is 9.36. The molecular formula is C13H13N3O3S. The van der Waals surface area contributed by atoms with Crippen LogP contribution in [0.2, 0.25) is 0 Å². The molecule has 20 heavy (non-hydrogen) atoms. The highest BCUT2D eigenvalue weighted by molar-refractivity contribution is 7.90. The molecule has 0 radical (unpaired) electrons. The molecule has 0 bridgehead atoms. The van der Waals surface area contributed by atoms with Crippen LogP contribution < -0.4 is 5.32 Å². The zero-order valence-corrected chi connectivity index (χ0v) is 11.8. The second-order valence-corrected chi connectivity index (χ2v) is 6.29. The first-order valence-electron chi connectivity index (χ1n) is 5.76. The summed E-state index contributed by atoms with van der Waals surface area (Å²) in [6, 6.07) is 6.41. The maximum absolute atomic E-state index is 11.5. The van der Waals surface area contributed by atoms with Crippen LogP contribution in [0.3, 0.4) is 0 Å². The number of hydrogen-bond acceptors (Lipinski definition) is 5. The Balaban J connectivity index is 2.44. The molecule has 1 aromatic carbocycles. The number of rotatable bonds is 3. The van der Waals surface area contributed by atoms with Crippen molar-refractivity contribution in [3.05, 3.63) is 36.7 Å². The van der Waals surface area contributed by atoms with E-state index in [-0.39, 0.29) is 10.8 Å². The molecule has 2 aromatic rings. The molecule has 6 nitrogen and oxygen atoms in total. The lowest BCUT2D eigenvalue weighted by Gasteiger charge is -2.05. The number of nitrogens with zero attached hydrogens (tertiary/aromatic N) is 2. The summed E-state index contributed by atoms with van der Waals surface area (Å²) in [7, 11) is -3.28. The van der Waals surface area contributed by atoms with E-state index in [0.29, 0.717) is 17.1 Å². The third-order valence-electron chi connectivity index (χ3n) is 2.50. The summed E-state index contributed by atoms with van der Waals surface area (Å²) in [4.78, 5) is 19.4. The number of amides is 1. The summed E-state index contributed by atoms with van der Waals surface area (Å²) in [6.45, 7) is 1.37. The van der Waals surface area contributed by atoms with E-state index in [1.807, 2.05) is 0 Å². The minimum Gasteiger partial charge on any atom is -0.310 e. The zero-order valence-electron chi connectivity index (χ0n) is 11.0. The maximum atomic E-state index is 11.5. The van der Waals surface area contributed by atoms with Gasteiger partial charge in [0.25, 0.3) is 0 Å². The van der Waals surface area contributed by atoms with Gasteiger partial charge in [0.2, 0.25) is 5.91 Å². The Kier molecular flexibility index (Phi) is 3.80. The molecule has 0 aliphatic carbocycles. The van der Waals surface area contributed by atoms with Crippen molar-refractivity contribution in [3.63, 3.8) is 0 Å². The van der Waals surface area contributed by atoms with E-state index in [1.54, 1.807) is 12.1 Å². The van der Waals surface area contributed by atoms with Gasteiger partial charge in [0.1, 0.15) is 0 Å². The van der Waals surface area contributed by atoms with Crippen molar-refractivity contribution in [1.29, 1.82) is 0 Å². The molecule has 1 heterocycles. The van der Waals surface area contributed by atoms with Crippen LogP contribution in [0.1, 0.15) is 6.92 Å². The number of hydrogen-bond donors (Lipinski definition) is 1. The van der Waals surface area contributed by atoms with Gasteiger partial charge in [-0.15, -0.1) is 0 Å². The summed E-state index contributed by atoms with van der Waals surface area (Å²) < 4.78 is 23.1. The summed E-state index contributed by atoms with van der Waals surface area (Å²) >= 11 is 0. The van der Waals surface area contributed by atoms with Gasteiger partial charge in [-0.3, -0.25) is 9.78 Å². The standard InChI is InChI=1S/C13H13N3O3S/c1-9(17)15-13-8-14-7-12(16-13)10-4-3-5-11(6-10)20(2,18)19/h3-8H,1-2H3,(H,15,16,17). The minimum absolute atomic E-state index is 0.210. The Bertz CT molecular complexity index is 757. The Hall–Kier alpha value is -2.28. The first-order valence-corrected chi connectivity index (χ1v) is 7.65. The van der Waals surface area contributed by atoms with Crippen LogP contribution in [-0.2, 0) is 14.6 Å². The van der Waals surface area contributed by atoms with Gasteiger partial charge >= 0.3 is 0 Å². The molecule has 0 spiro atoms. The predicted octanol–water partition coefficient (Wildman–Crippen LogP) is 1.51. The van der Waals surface area contributed by atoms with Gasteiger partial charge in [0.05, 0.1) is 23.0 Å². The lowest BCUT2D eigenvalue weighted by Crippen LogP contribution is -2.08. The average molecular weight is 291 g/mol. The van der Waals surface area contributed by atoms with E-state index < -0.39 is 9.84 Å². The third kappa shape index (κ3) is 3.39. The van der Waals surface area contributed by atoms with Crippen molar-refractivity contribution in [1.82, 2.24) is 9.97 Å². The van der Waals surface area contributed by atoms with E-state index in [2.05, 4.69) is 15.3 Å². The van der Waals surface area contributed by atoms with Crippen LogP contribution in [0, 0.1) is 0 Å². The summed E-state index contributed by atoms with van der Waals surface area (Å²) in [6.07, 6.45) is 4.07. The molecule has 7 heteroatoms. The molecular weight excluding hydrogens is 278 g/mol. The van der Waals surface area contributed by atoms with Crippen LogP contribution in [0.15, 0.2) is 41.6 Å². The smallest absolute Gasteiger partial charge is 0.222 e. The number of carbonyl (C=O) groups is 1. The largest absolute Gasteiger partial charge is 0.310 e. The van der Waals surface area contributed by atoms with Crippen LogP contribution >= 0.6 is 0 Å². The van der Waals surface area contributed by atoms with Gasteiger partial charge in [-0.05, 0) is 12.1 Å². The lowest BCUT2D eigenvalue weighted by atomic mass is 10.2. The van der Waals surface area contributed by atoms with Gasteiger partial charge in [-0.1, -0.05) is 12.1 Å². The second kappa shape index (κ2) is 5.38. The maximum Gasteiger partial charge on any atom is 0.222 e. The fourth-order valence-electron chi connectivity index (χ4n) is 1.63. The molecule has 0 aliphatic heterocycles. The zero-order chi connectivity index (χ0) is 14.8. The first kappa shape index (κ1) is 14.1. The van der Waals surface area contributed by atoms with Crippen LogP contribution in [0.5, 0.6) is 0 Å². The second-order valence-electron chi connectivity index (χ2n) is 4.27. The Labute approximate surface area is 116 Å². The number of anilines is 1. The highest BCUT2D eigenvalue weighted by Gasteiger charge is 2.09. The van der Waals surface area contributed by atoms with Crippen molar-refractivity contribution < 1.29 is 13.2 Å². The van der Waals surface area contributed by atoms with E-state index in [9.17, 15) is 13.2 Å². The molecule has 104 valence electrons. The molecule has 0 fully saturated rings. The van der Waals surface area contributed by atoms with Crippen molar-refractivity contribution in [3.8, 4) is 11.3 Å². The normalized spacial score (nSPS) is 11.1. The molecule has 0 aliphatic rings. The molecule has 0 saturated carbocycles. The third-order valence-corrected chi connectivity index (χ3v) is 3.61. The van der Waals surface area contributed by atoms with E-state index >= 15 is 0 Å². The number of nitrogens with one attached hydrogen (secondary N) is 1. The number of aromatic nitrogens is 2. The fraction of sp³-hybridized carbons (Fsp3) is 0.154. The number of benzene rings is 1. The summed E-state index contributed by atoms with van der Waals surface area (Å²) in [5.74, 6) is 0.0705. The highest BCUT2D eigenvalue weighted by Crippen LogP contribution is 2.21. The minimum atomic E-state index is -3.28. The van der Waals surface area contributed by atoms with Crippen molar-refractivity contribution in [2.45, 2.75) is 11.8 Å².